The predicted octanol–water partition coefficient (Wildman–Crippen LogP) is 3.52. The lowest BCUT2D eigenvalue weighted by Crippen LogP contribution is -2.20. The highest BCUT2D eigenvalue weighted by atomic mass is 79.9. The van der Waals surface area contributed by atoms with E-state index in [1.165, 1.54) is 0 Å². The van der Waals surface area contributed by atoms with E-state index in [2.05, 4.69) is 15.9 Å². The number of carbonyl (C=O) groups excluding carboxylic acids is 1. The van der Waals surface area contributed by atoms with Crippen LogP contribution in [0.3, 0.4) is 0 Å². The molecule has 1 rings (SSSR count). The lowest BCUT2D eigenvalue weighted by atomic mass is 10.0. The maximum Gasteiger partial charge on any atom is 0.320 e. The van der Waals surface area contributed by atoms with Gasteiger partial charge in [0.05, 0.1) is 6.61 Å². The van der Waals surface area contributed by atoms with Crippen LogP contribution >= 0.6 is 27.5 Å². The summed E-state index contributed by atoms with van der Waals surface area (Å²) in [6.45, 7) is 4.18. The molecule has 16 heavy (non-hydrogen) atoms. The summed E-state index contributed by atoms with van der Waals surface area (Å²) < 4.78 is 4.93. The van der Waals surface area contributed by atoms with Crippen LogP contribution in [-0.4, -0.2) is 17.4 Å². The Hall–Kier alpha value is -0.540. The topological polar surface area (TPSA) is 26.3 Å². The number of alkyl halides is 1. The minimum Gasteiger partial charge on any atom is -0.465 e. The van der Waals surface area contributed by atoms with Gasteiger partial charge in [0, 0.05) is 5.02 Å². The zero-order chi connectivity index (χ0) is 12.1. The molecule has 0 radical (unpaired) electrons. The Labute approximate surface area is 109 Å². The van der Waals surface area contributed by atoms with Crippen molar-refractivity contribution in [2.75, 3.05) is 6.61 Å². The summed E-state index contributed by atoms with van der Waals surface area (Å²) in [4.78, 5) is 11.1. The summed E-state index contributed by atoms with van der Waals surface area (Å²) in [5.41, 5.74) is 2.18. The van der Waals surface area contributed by atoms with E-state index in [4.69, 9.17) is 16.3 Å². The lowest BCUT2D eigenvalue weighted by molar-refractivity contribution is -0.142. The third kappa shape index (κ3) is 3.80. The van der Waals surface area contributed by atoms with Gasteiger partial charge >= 0.3 is 5.97 Å². The van der Waals surface area contributed by atoms with Crippen LogP contribution in [-0.2, 0) is 16.0 Å². The molecule has 0 saturated heterocycles. The van der Waals surface area contributed by atoms with E-state index in [1.54, 1.807) is 6.92 Å². The zero-order valence-corrected chi connectivity index (χ0v) is 11.6. The Morgan fingerprint density at radius 1 is 1.56 bits per heavy atom. The van der Waals surface area contributed by atoms with Gasteiger partial charge < -0.3 is 4.74 Å². The van der Waals surface area contributed by atoms with Gasteiger partial charge in [0.2, 0.25) is 0 Å². The van der Waals surface area contributed by atoms with Crippen molar-refractivity contribution in [3.8, 4) is 0 Å². The fraction of sp³-hybridized carbons (Fsp3) is 0.417. The Morgan fingerprint density at radius 2 is 2.25 bits per heavy atom. The number of halogens is 2. The molecule has 0 fully saturated rings. The van der Waals surface area contributed by atoms with Crippen LogP contribution in [0.15, 0.2) is 18.2 Å². The van der Waals surface area contributed by atoms with Gasteiger partial charge in [0.1, 0.15) is 4.83 Å². The smallest absolute Gasteiger partial charge is 0.320 e. The second-order valence-corrected chi connectivity index (χ2v) is 5.04. The maximum absolute atomic E-state index is 11.4. The van der Waals surface area contributed by atoms with E-state index < -0.39 is 0 Å². The van der Waals surface area contributed by atoms with Crippen molar-refractivity contribution in [3.63, 3.8) is 0 Å². The number of carbonyl (C=O) groups is 1. The van der Waals surface area contributed by atoms with Crippen molar-refractivity contribution in [1.29, 1.82) is 0 Å². The normalized spacial score (nSPS) is 12.2. The number of aryl methyl sites for hydroxylation is 1. The van der Waals surface area contributed by atoms with E-state index in [0.29, 0.717) is 18.1 Å². The summed E-state index contributed by atoms with van der Waals surface area (Å²) in [5, 5.41) is 0.712. The molecule has 0 aliphatic carbocycles. The van der Waals surface area contributed by atoms with Gasteiger partial charge in [-0.25, -0.2) is 0 Å². The highest BCUT2D eigenvalue weighted by Crippen LogP contribution is 2.19. The Bertz CT molecular complexity index is 379. The molecule has 0 spiro atoms. The van der Waals surface area contributed by atoms with E-state index >= 15 is 0 Å². The van der Waals surface area contributed by atoms with Gasteiger partial charge in [-0.15, -0.1) is 0 Å². The molecule has 0 heterocycles. The van der Waals surface area contributed by atoms with Crippen LogP contribution in [0.5, 0.6) is 0 Å². The first-order chi connectivity index (χ1) is 7.54. The number of rotatable bonds is 4. The van der Waals surface area contributed by atoms with Crippen molar-refractivity contribution >= 4 is 33.5 Å². The molecule has 2 nitrogen and oxygen atoms in total. The maximum atomic E-state index is 11.4. The van der Waals surface area contributed by atoms with Crippen molar-refractivity contribution in [3.05, 3.63) is 34.3 Å². The number of hydrogen-bond acceptors (Lipinski definition) is 2. The number of benzene rings is 1. The van der Waals surface area contributed by atoms with Gasteiger partial charge in [0.15, 0.2) is 0 Å². The van der Waals surface area contributed by atoms with Crippen LogP contribution in [0.2, 0.25) is 5.02 Å². The fourth-order valence-electron chi connectivity index (χ4n) is 1.40. The van der Waals surface area contributed by atoms with Crippen LogP contribution in [0.1, 0.15) is 18.1 Å². The summed E-state index contributed by atoms with van der Waals surface area (Å²) >= 11 is 9.19. The van der Waals surface area contributed by atoms with Crippen LogP contribution < -0.4 is 0 Å². The summed E-state index contributed by atoms with van der Waals surface area (Å²) in [5.74, 6) is -0.225. The molecule has 0 bridgehead atoms. The van der Waals surface area contributed by atoms with Gasteiger partial charge in [-0.2, -0.15) is 0 Å². The standard InChI is InChI=1S/C12H14BrClO2/c1-3-16-12(15)11(13)7-9-4-5-10(14)6-8(9)2/h4-6,11H,3,7H2,1-2H3. The summed E-state index contributed by atoms with van der Waals surface area (Å²) in [6.07, 6.45) is 0.613. The number of ether oxygens (including phenoxy) is 1. The van der Waals surface area contributed by atoms with E-state index in [9.17, 15) is 4.79 Å². The first-order valence-corrected chi connectivity index (χ1v) is 6.39. The Kier molecular flexibility index (Phi) is 5.29. The van der Waals surface area contributed by atoms with E-state index in [0.717, 1.165) is 11.1 Å². The first kappa shape index (κ1) is 13.5. The quantitative estimate of drug-likeness (QED) is 0.628. The van der Waals surface area contributed by atoms with Crippen LogP contribution in [0.25, 0.3) is 0 Å². The third-order valence-electron chi connectivity index (χ3n) is 2.25. The molecule has 0 aliphatic heterocycles. The second-order valence-electron chi connectivity index (χ2n) is 3.49. The fourth-order valence-corrected chi connectivity index (χ4v) is 2.11. The van der Waals surface area contributed by atoms with Gasteiger partial charge in [0.25, 0.3) is 0 Å². The molecular weight excluding hydrogens is 291 g/mol. The lowest BCUT2D eigenvalue weighted by Gasteiger charge is -2.11. The van der Waals surface area contributed by atoms with Gasteiger partial charge in [-0.3, -0.25) is 4.79 Å². The summed E-state index contributed by atoms with van der Waals surface area (Å²) in [6, 6.07) is 5.65. The molecule has 1 aromatic rings. The van der Waals surface area contributed by atoms with Crippen molar-refractivity contribution in [1.82, 2.24) is 0 Å². The second kappa shape index (κ2) is 6.26. The summed E-state index contributed by atoms with van der Waals surface area (Å²) in [7, 11) is 0. The number of hydrogen-bond donors (Lipinski definition) is 0. The van der Waals surface area contributed by atoms with E-state index in [-0.39, 0.29) is 10.8 Å². The first-order valence-electron chi connectivity index (χ1n) is 5.10. The van der Waals surface area contributed by atoms with Crippen molar-refractivity contribution in [2.45, 2.75) is 25.1 Å². The highest BCUT2D eigenvalue weighted by Gasteiger charge is 2.17. The highest BCUT2D eigenvalue weighted by molar-refractivity contribution is 9.10. The zero-order valence-electron chi connectivity index (χ0n) is 9.30. The number of esters is 1. The van der Waals surface area contributed by atoms with Gasteiger partial charge in [-0.05, 0) is 43.5 Å². The molecule has 0 amide bonds. The molecule has 88 valence electrons. The van der Waals surface area contributed by atoms with Crippen LogP contribution in [0.4, 0.5) is 0 Å². The molecule has 4 heteroatoms. The molecule has 0 saturated carbocycles. The largest absolute Gasteiger partial charge is 0.465 e. The molecule has 1 aromatic carbocycles. The average Bonchev–Trinajstić information content (AvgIpc) is 2.22. The Morgan fingerprint density at radius 3 is 2.81 bits per heavy atom. The molecular formula is C12H14BrClO2. The molecule has 0 aromatic heterocycles. The molecule has 1 atom stereocenters. The monoisotopic (exact) mass is 304 g/mol. The Balaban J connectivity index is 2.69. The van der Waals surface area contributed by atoms with E-state index in [1.807, 2.05) is 25.1 Å². The third-order valence-corrected chi connectivity index (χ3v) is 3.18. The minimum absolute atomic E-state index is 0.225. The predicted molar refractivity (Wildman–Crippen MR) is 69.2 cm³/mol. The van der Waals surface area contributed by atoms with Gasteiger partial charge in [-0.1, -0.05) is 33.6 Å². The van der Waals surface area contributed by atoms with Crippen molar-refractivity contribution < 1.29 is 9.53 Å². The molecule has 0 N–H and O–H groups in total. The SMILES string of the molecule is CCOC(=O)C(Br)Cc1ccc(Cl)cc1C. The average molecular weight is 306 g/mol. The van der Waals surface area contributed by atoms with Crippen LogP contribution in [0, 0.1) is 6.92 Å². The minimum atomic E-state index is -0.299. The molecule has 1 unspecified atom stereocenters. The molecule has 0 aliphatic rings. The van der Waals surface area contributed by atoms with Crippen molar-refractivity contribution in [2.24, 2.45) is 0 Å².